The molecule has 0 aliphatic carbocycles. The summed E-state index contributed by atoms with van der Waals surface area (Å²) in [4.78, 5) is 7.39. The second-order valence-corrected chi connectivity index (χ2v) is 8.06. The Morgan fingerprint density at radius 3 is 2.56 bits per heavy atom. The fourth-order valence-electron chi connectivity index (χ4n) is 5.03. The zero-order valence-electron chi connectivity index (χ0n) is 15.9. The van der Waals surface area contributed by atoms with E-state index in [2.05, 4.69) is 48.3 Å². The Kier molecular flexibility index (Phi) is 4.09. The van der Waals surface area contributed by atoms with Gasteiger partial charge in [-0.15, -0.1) is 0 Å². The average Bonchev–Trinajstić information content (AvgIpc) is 3.26. The molecule has 0 amide bonds. The van der Waals surface area contributed by atoms with Crippen molar-refractivity contribution in [2.75, 3.05) is 7.05 Å². The van der Waals surface area contributed by atoms with Crippen LogP contribution in [0.1, 0.15) is 48.1 Å². The largest absolute Gasteiger partial charge is 0.339 e. The van der Waals surface area contributed by atoms with Gasteiger partial charge in [0.1, 0.15) is 0 Å². The van der Waals surface area contributed by atoms with Crippen LogP contribution in [0.4, 0.5) is 0 Å². The maximum atomic E-state index is 5.85. The minimum absolute atomic E-state index is 0.251. The number of benzene rings is 2. The van der Waals surface area contributed by atoms with E-state index in [9.17, 15) is 0 Å². The van der Waals surface area contributed by atoms with E-state index < -0.39 is 0 Å². The van der Waals surface area contributed by atoms with E-state index in [-0.39, 0.29) is 5.92 Å². The summed E-state index contributed by atoms with van der Waals surface area (Å²) in [7, 11) is 2.26. The van der Waals surface area contributed by atoms with Gasteiger partial charge in [0.25, 0.3) is 0 Å². The summed E-state index contributed by atoms with van der Waals surface area (Å²) in [6.07, 6.45) is 3.63. The molecule has 5 rings (SSSR count). The molecule has 0 spiro atoms. The molecule has 138 valence electrons. The molecule has 3 heterocycles. The minimum atomic E-state index is 0.251. The van der Waals surface area contributed by atoms with Gasteiger partial charge in [0, 0.05) is 17.6 Å². The fourth-order valence-corrected chi connectivity index (χ4v) is 5.03. The lowest BCUT2D eigenvalue weighted by Crippen LogP contribution is -2.44. The van der Waals surface area contributed by atoms with Crippen molar-refractivity contribution < 1.29 is 4.52 Å². The van der Waals surface area contributed by atoms with Gasteiger partial charge in [-0.25, -0.2) is 0 Å². The first kappa shape index (κ1) is 16.7. The highest BCUT2D eigenvalue weighted by Crippen LogP contribution is 2.50. The van der Waals surface area contributed by atoms with Crippen LogP contribution in [0, 0.1) is 6.92 Å². The van der Waals surface area contributed by atoms with Gasteiger partial charge in [-0.2, -0.15) is 4.98 Å². The van der Waals surface area contributed by atoms with E-state index in [1.165, 1.54) is 24.0 Å². The standard InChI is InChI=1S/C23H25N3O/c1-15-8-10-16(11-9-15)19-14-18-12-13-20(26(18)2)21(19)23-24-22(25-27-23)17-6-4-3-5-7-17/h3-11,18-21H,12-14H2,1-2H3/t18-,19+,20+,21+/m0/s1. The molecular weight excluding hydrogens is 334 g/mol. The van der Waals surface area contributed by atoms with Crippen molar-refractivity contribution in [3.05, 3.63) is 71.6 Å². The molecule has 3 aromatic rings. The lowest BCUT2D eigenvalue weighted by Gasteiger charge is -2.41. The second kappa shape index (κ2) is 6.61. The van der Waals surface area contributed by atoms with Crippen LogP contribution in [0.5, 0.6) is 0 Å². The summed E-state index contributed by atoms with van der Waals surface area (Å²) in [5.41, 5.74) is 3.71. The lowest BCUT2D eigenvalue weighted by atomic mass is 9.76. The maximum Gasteiger partial charge on any atom is 0.232 e. The fraction of sp³-hybridized carbons (Fsp3) is 0.391. The normalized spacial score (nSPS) is 27.8. The Morgan fingerprint density at radius 1 is 1.00 bits per heavy atom. The number of fused-ring (bicyclic) bond motifs is 2. The van der Waals surface area contributed by atoms with Crippen molar-refractivity contribution in [2.24, 2.45) is 0 Å². The zero-order chi connectivity index (χ0) is 18.4. The summed E-state index contributed by atoms with van der Waals surface area (Å²) in [6, 6.07) is 20.2. The summed E-state index contributed by atoms with van der Waals surface area (Å²) in [5.74, 6) is 2.16. The molecule has 1 aromatic heterocycles. The van der Waals surface area contributed by atoms with Crippen molar-refractivity contribution in [2.45, 2.75) is 50.1 Å². The second-order valence-electron chi connectivity index (χ2n) is 8.06. The molecule has 2 aliphatic rings. The average molecular weight is 359 g/mol. The van der Waals surface area contributed by atoms with Crippen LogP contribution in [0.15, 0.2) is 59.1 Å². The third-order valence-electron chi connectivity index (χ3n) is 6.53. The van der Waals surface area contributed by atoms with Crippen LogP contribution in [0.3, 0.4) is 0 Å². The third kappa shape index (κ3) is 2.88. The molecule has 0 saturated carbocycles. The Hall–Kier alpha value is -2.46. The molecule has 4 heteroatoms. The Labute approximate surface area is 160 Å². The van der Waals surface area contributed by atoms with E-state index in [4.69, 9.17) is 9.51 Å². The summed E-state index contributed by atoms with van der Waals surface area (Å²) >= 11 is 0. The molecule has 2 bridgehead atoms. The van der Waals surface area contributed by atoms with Crippen LogP contribution in [0.25, 0.3) is 11.4 Å². The first-order valence-electron chi connectivity index (χ1n) is 9.88. The SMILES string of the molecule is Cc1ccc([C@H]2C[C@@H]3CC[C@H]([C@@H]2c2nc(-c4ccccc4)no2)N3C)cc1. The van der Waals surface area contributed by atoms with Gasteiger partial charge in [-0.3, -0.25) is 4.90 Å². The quantitative estimate of drug-likeness (QED) is 0.675. The highest BCUT2D eigenvalue weighted by atomic mass is 16.5. The highest BCUT2D eigenvalue weighted by Gasteiger charge is 2.48. The molecular formula is C23H25N3O. The molecule has 2 saturated heterocycles. The van der Waals surface area contributed by atoms with Gasteiger partial charge in [0.05, 0.1) is 5.92 Å². The van der Waals surface area contributed by atoms with Crippen LogP contribution in [-0.4, -0.2) is 34.2 Å². The molecule has 2 aromatic carbocycles. The Balaban J connectivity index is 1.54. The zero-order valence-corrected chi connectivity index (χ0v) is 15.9. The predicted octanol–water partition coefficient (Wildman–Crippen LogP) is 4.78. The maximum absolute atomic E-state index is 5.85. The Bertz CT molecular complexity index is 918. The van der Waals surface area contributed by atoms with Gasteiger partial charge in [0.15, 0.2) is 0 Å². The molecule has 0 radical (unpaired) electrons. The predicted molar refractivity (Wildman–Crippen MR) is 106 cm³/mol. The molecule has 4 atom stereocenters. The van der Waals surface area contributed by atoms with Crippen LogP contribution >= 0.6 is 0 Å². The number of likely N-dealkylation sites (N-methyl/N-ethyl adjacent to an activating group) is 1. The monoisotopic (exact) mass is 359 g/mol. The lowest BCUT2D eigenvalue weighted by molar-refractivity contribution is 0.120. The van der Waals surface area contributed by atoms with Crippen molar-refractivity contribution in [1.82, 2.24) is 15.0 Å². The Morgan fingerprint density at radius 2 is 1.78 bits per heavy atom. The number of hydrogen-bond acceptors (Lipinski definition) is 4. The smallest absolute Gasteiger partial charge is 0.232 e. The van der Waals surface area contributed by atoms with Gasteiger partial charge in [-0.1, -0.05) is 65.3 Å². The topological polar surface area (TPSA) is 42.2 Å². The van der Waals surface area contributed by atoms with Crippen molar-refractivity contribution in [3.8, 4) is 11.4 Å². The first-order valence-corrected chi connectivity index (χ1v) is 9.88. The molecule has 27 heavy (non-hydrogen) atoms. The van der Waals surface area contributed by atoms with E-state index in [1.54, 1.807) is 0 Å². The van der Waals surface area contributed by atoms with Crippen LogP contribution in [-0.2, 0) is 0 Å². The molecule has 2 fully saturated rings. The number of nitrogens with zero attached hydrogens (tertiary/aromatic N) is 3. The number of hydrogen-bond donors (Lipinski definition) is 0. The molecule has 0 unspecified atom stereocenters. The van der Waals surface area contributed by atoms with E-state index in [0.717, 1.165) is 17.9 Å². The minimum Gasteiger partial charge on any atom is -0.339 e. The van der Waals surface area contributed by atoms with Crippen molar-refractivity contribution in [1.29, 1.82) is 0 Å². The molecule has 0 N–H and O–H groups in total. The summed E-state index contributed by atoms with van der Waals surface area (Å²) < 4.78 is 5.85. The van der Waals surface area contributed by atoms with Gasteiger partial charge < -0.3 is 4.52 Å². The third-order valence-corrected chi connectivity index (χ3v) is 6.53. The van der Waals surface area contributed by atoms with E-state index in [0.29, 0.717) is 23.8 Å². The van der Waals surface area contributed by atoms with Gasteiger partial charge >= 0.3 is 0 Å². The first-order chi connectivity index (χ1) is 13.2. The van der Waals surface area contributed by atoms with E-state index >= 15 is 0 Å². The number of aryl methyl sites for hydroxylation is 1. The summed E-state index contributed by atoms with van der Waals surface area (Å²) in [6.45, 7) is 2.14. The highest BCUT2D eigenvalue weighted by molar-refractivity contribution is 5.53. The molecule has 2 aliphatic heterocycles. The van der Waals surface area contributed by atoms with Gasteiger partial charge in [-0.05, 0) is 44.7 Å². The number of piperidine rings is 1. The van der Waals surface area contributed by atoms with E-state index in [1.807, 2.05) is 30.3 Å². The number of aromatic nitrogens is 2. The van der Waals surface area contributed by atoms with Crippen molar-refractivity contribution in [3.63, 3.8) is 0 Å². The van der Waals surface area contributed by atoms with Crippen LogP contribution < -0.4 is 0 Å². The van der Waals surface area contributed by atoms with Gasteiger partial charge in [0.2, 0.25) is 11.7 Å². The molecule has 4 nitrogen and oxygen atoms in total. The summed E-state index contributed by atoms with van der Waals surface area (Å²) in [5, 5.41) is 4.31. The van der Waals surface area contributed by atoms with Crippen LogP contribution in [0.2, 0.25) is 0 Å². The van der Waals surface area contributed by atoms with Crippen molar-refractivity contribution >= 4 is 0 Å². The number of rotatable bonds is 3.